The number of rotatable bonds is 3. The molecular formula is C13H14ClFN2O. The molecule has 0 spiro atoms. The van der Waals surface area contributed by atoms with Crippen LogP contribution in [0.5, 0.6) is 0 Å². The van der Waals surface area contributed by atoms with E-state index in [9.17, 15) is 9.50 Å². The minimum absolute atomic E-state index is 0.203. The SMILES string of the molecule is CCn1nc(C)cc1C(O)c1ccc(Cl)cc1F. The molecule has 1 aromatic carbocycles. The Bertz CT molecular complexity index is 568. The van der Waals surface area contributed by atoms with Crippen molar-refractivity contribution in [2.45, 2.75) is 26.5 Å². The molecule has 0 saturated carbocycles. The van der Waals surface area contributed by atoms with Crippen LogP contribution in [-0.4, -0.2) is 14.9 Å². The third-order valence-corrected chi connectivity index (χ3v) is 3.01. The predicted molar refractivity (Wildman–Crippen MR) is 68.1 cm³/mol. The molecule has 1 N–H and O–H groups in total. The molecule has 18 heavy (non-hydrogen) atoms. The summed E-state index contributed by atoms with van der Waals surface area (Å²) in [6.07, 6.45) is -1.04. The second-order valence-corrected chi connectivity index (χ2v) is 4.53. The first kappa shape index (κ1) is 13.1. The second-order valence-electron chi connectivity index (χ2n) is 4.09. The van der Waals surface area contributed by atoms with Crippen LogP contribution in [0, 0.1) is 12.7 Å². The molecule has 0 radical (unpaired) electrons. The Morgan fingerprint density at radius 2 is 2.17 bits per heavy atom. The Kier molecular flexibility index (Phi) is 3.68. The Morgan fingerprint density at radius 3 is 2.78 bits per heavy atom. The van der Waals surface area contributed by atoms with Gasteiger partial charge in [-0.1, -0.05) is 17.7 Å². The fourth-order valence-corrected chi connectivity index (χ4v) is 2.08. The Hall–Kier alpha value is -1.39. The first-order valence-electron chi connectivity index (χ1n) is 5.70. The minimum Gasteiger partial charge on any atom is -0.382 e. The second kappa shape index (κ2) is 5.08. The van der Waals surface area contributed by atoms with Crippen molar-refractivity contribution in [1.29, 1.82) is 0 Å². The zero-order valence-corrected chi connectivity index (χ0v) is 10.9. The molecule has 1 atom stereocenters. The Labute approximate surface area is 110 Å². The minimum atomic E-state index is -1.04. The third-order valence-electron chi connectivity index (χ3n) is 2.77. The summed E-state index contributed by atoms with van der Waals surface area (Å²) < 4.78 is 15.4. The van der Waals surface area contributed by atoms with E-state index in [0.29, 0.717) is 17.3 Å². The molecule has 1 unspecified atom stereocenters. The summed E-state index contributed by atoms with van der Waals surface area (Å²) in [7, 11) is 0. The van der Waals surface area contributed by atoms with E-state index < -0.39 is 11.9 Å². The van der Waals surface area contributed by atoms with Crippen molar-refractivity contribution in [2.24, 2.45) is 0 Å². The van der Waals surface area contributed by atoms with Crippen molar-refractivity contribution in [3.05, 3.63) is 52.1 Å². The molecule has 2 rings (SSSR count). The van der Waals surface area contributed by atoms with Crippen molar-refractivity contribution in [2.75, 3.05) is 0 Å². The molecule has 0 aliphatic carbocycles. The third kappa shape index (κ3) is 2.40. The van der Waals surface area contributed by atoms with E-state index in [2.05, 4.69) is 5.10 Å². The van der Waals surface area contributed by atoms with Gasteiger partial charge in [0.25, 0.3) is 0 Å². The average Bonchev–Trinajstić information content (AvgIpc) is 2.69. The standard InChI is InChI=1S/C13H14ClFN2O/c1-3-17-12(6-8(2)16-17)13(18)10-5-4-9(14)7-11(10)15/h4-7,13,18H,3H2,1-2H3. The summed E-state index contributed by atoms with van der Waals surface area (Å²) in [5.74, 6) is -0.517. The van der Waals surface area contributed by atoms with E-state index in [1.807, 2.05) is 13.8 Å². The summed E-state index contributed by atoms with van der Waals surface area (Å²) >= 11 is 5.69. The van der Waals surface area contributed by atoms with Crippen molar-refractivity contribution >= 4 is 11.6 Å². The van der Waals surface area contributed by atoms with Crippen LogP contribution in [0.3, 0.4) is 0 Å². The predicted octanol–water partition coefficient (Wildman–Crippen LogP) is 3.09. The number of aryl methyl sites for hydroxylation is 2. The quantitative estimate of drug-likeness (QED) is 0.929. The van der Waals surface area contributed by atoms with Gasteiger partial charge >= 0.3 is 0 Å². The molecule has 1 heterocycles. The largest absolute Gasteiger partial charge is 0.382 e. The lowest BCUT2D eigenvalue weighted by Gasteiger charge is -2.13. The average molecular weight is 269 g/mol. The summed E-state index contributed by atoms with van der Waals surface area (Å²) in [4.78, 5) is 0. The number of aliphatic hydroxyl groups is 1. The smallest absolute Gasteiger partial charge is 0.130 e. The van der Waals surface area contributed by atoms with Crippen molar-refractivity contribution in [3.8, 4) is 0 Å². The van der Waals surface area contributed by atoms with Crippen LogP contribution in [0.4, 0.5) is 4.39 Å². The highest BCUT2D eigenvalue weighted by molar-refractivity contribution is 6.30. The van der Waals surface area contributed by atoms with E-state index in [1.165, 1.54) is 12.1 Å². The van der Waals surface area contributed by atoms with Crippen LogP contribution in [0.2, 0.25) is 5.02 Å². The van der Waals surface area contributed by atoms with Crippen LogP contribution in [-0.2, 0) is 6.54 Å². The van der Waals surface area contributed by atoms with Crippen molar-refractivity contribution in [3.63, 3.8) is 0 Å². The molecule has 0 aliphatic rings. The van der Waals surface area contributed by atoms with Gasteiger partial charge in [-0.3, -0.25) is 4.68 Å². The van der Waals surface area contributed by atoms with Gasteiger partial charge in [0.1, 0.15) is 11.9 Å². The fourth-order valence-electron chi connectivity index (χ4n) is 1.92. The molecule has 0 fully saturated rings. The van der Waals surface area contributed by atoms with E-state index in [1.54, 1.807) is 16.8 Å². The molecule has 5 heteroatoms. The molecule has 0 aliphatic heterocycles. The van der Waals surface area contributed by atoms with E-state index in [0.717, 1.165) is 5.69 Å². The first-order chi connectivity index (χ1) is 8.52. The van der Waals surface area contributed by atoms with Crippen LogP contribution in [0.25, 0.3) is 0 Å². The van der Waals surface area contributed by atoms with Gasteiger partial charge < -0.3 is 5.11 Å². The lowest BCUT2D eigenvalue weighted by atomic mass is 10.1. The van der Waals surface area contributed by atoms with Gasteiger partial charge in [0, 0.05) is 17.1 Å². The number of benzene rings is 1. The Balaban J connectivity index is 2.43. The lowest BCUT2D eigenvalue weighted by molar-refractivity contribution is 0.203. The van der Waals surface area contributed by atoms with Gasteiger partial charge in [0.2, 0.25) is 0 Å². The zero-order chi connectivity index (χ0) is 13.3. The van der Waals surface area contributed by atoms with Crippen LogP contribution >= 0.6 is 11.6 Å². The van der Waals surface area contributed by atoms with Gasteiger partial charge in [-0.2, -0.15) is 5.10 Å². The number of aromatic nitrogens is 2. The topological polar surface area (TPSA) is 38.0 Å². The number of halogens is 2. The van der Waals surface area contributed by atoms with Crippen LogP contribution < -0.4 is 0 Å². The molecular weight excluding hydrogens is 255 g/mol. The Morgan fingerprint density at radius 1 is 1.44 bits per heavy atom. The highest BCUT2D eigenvalue weighted by Gasteiger charge is 2.19. The maximum Gasteiger partial charge on any atom is 0.130 e. The highest BCUT2D eigenvalue weighted by atomic mass is 35.5. The zero-order valence-electron chi connectivity index (χ0n) is 10.2. The monoisotopic (exact) mass is 268 g/mol. The molecule has 2 aromatic rings. The molecule has 1 aromatic heterocycles. The molecule has 0 bridgehead atoms. The van der Waals surface area contributed by atoms with Gasteiger partial charge in [-0.05, 0) is 32.0 Å². The van der Waals surface area contributed by atoms with Gasteiger partial charge in [-0.25, -0.2) is 4.39 Å². The number of hydrogen-bond donors (Lipinski definition) is 1. The maximum absolute atomic E-state index is 13.8. The van der Waals surface area contributed by atoms with Gasteiger partial charge in [-0.15, -0.1) is 0 Å². The molecule has 96 valence electrons. The first-order valence-corrected chi connectivity index (χ1v) is 6.08. The summed E-state index contributed by atoms with van der Waals surface area (Å²) in [5, 5.41) is 14.8. The number of hydrogen-bond acceptors (Lipinski definition) is 2. The van der Waals surface area contributed by atoms with Gasteiger partial charge in [0.05, 0.1) is 11.4 Å². The van der Waals surface area contributed by atoms with Crippen LogP contribution in [0.1, 0.15) is 30.0 Å². The lowest BCUT2D eigenvalue weighted by Crippen LogP contribution is -2.10. The fraction of sp³-hybridized carbons (Fsp3) is 0.308. The van der Waals surface area contributed by atoms with E-state index >= 15 is 0 Å². The van der Waals surface area contributed by atoms with E-state index in [4.69, 9.17) is 11.6 Å². The molecule has 0 saturated heterocycles. The normalized spacial score (nSPS) is 12.7. The molecule has 0 amide bonds. The highest BCUT2D eigenvalue weighted by Crippen LogP contribution is 2.26. The summed E-state index contributed by atoms with van der Waals surface area (Å²) in [6.45, 7) is 4.37. The maximum atomic E-state index is 13.8. The van der Waals surface area contributed by atoms with Crippen molar-refractivity contribution < 1.29 is 9.50 Å². The molecule has 3 nitrogen and oxygen atoms in total. The summed E-state index contributed by atoms with van der Waals surface area (Å²) in [5.41, 5.74) is 1.57. The van der Waals surface area contributed by atoms with Crippen LogP contribution in [0.15, 0.2) is 24.3 Å². The summed E-state index contributed by atoms with van der Waals surface area (Å²) in [6, 6.07) is 6.00. The number of nitrogens with zero attached hydrogens (tertiary/aromatic N) is 2. The number of aliphatic hydroxyl groups excluding tert-OH is 1. The van der Waals surface area contributed by atoms with Gasteiger partial charge in [0.15, 0.2) is 0 Å². The van der Waals surface area contributed by atoms with E-state index in [-0.39, 0.29) is 5.56 Å². The van der Waals surface area contributed by atoms with Crippen molar-refractivity contribution in [1.82, 2.24) is 9.78 Å².